The second-order valence-corrected chi connectivity index (χ2v) is 5.87. The van der Waals surface area contributed by atoms with Crippen molar-refractivity contribution >= 4 is 6.29 Å². The quantitative estimate of drug-likeness (QED) is 0.636. The summed E-state index contributed by atoms with van der Waals surface area (Å²) in [5.74, 6) is 0.556. The Morgan fingerprint density at radius 2 is 2.00 bits per heavy atom. The van der Waals surface area contributed by atoms with E-state index in [1.807, 2.05) is 63.2 Å². The van der Waals surface area contributed by atoms with Crippen LogP contribution in [0.25, 0.3) is 11.1 Å². The molecular weight excluding hydrogens is 274 g/mol. The van der Waals surface area contributed by atoms with Crippen LogP contribution in [0.2, 0.25) is 0 Å². The molecule has 0 aliphatic carbocycles. The summed E-state index contributed by atoms with van der Waals surface area (Å²) in [6.07, 6.45) is 4.47. The van der Waals surface area contributed by atoms with Crippen LogP contribution in [-0.4, -0.2) is 17.4 Å². The number of benzene rings is 1. The van der Waals surface area contributed by atoms with E-state index in [0.717, 1.165) is 28.5 Å². The van der Waals surface area contributed by atoms with Gasteiger partial charge in [0.15, 0.2) is 0 Å². The SMILES string of the molecule is C/C=C(\C)C1Oc2ncc(-c3ccccc3)cc2C1(C)C=O. The van der Waals surface area contributed by atoms with Gasteiger partial charge in [0.25, 0.3) is 0 Å². The third-order valence-corrected chi connectivity index (χ3v) is 4.43. The first-order valence-electron chi connectivity index (χ1n) is 7.42. The fourth-order valence-corrected chi connectivity index (χ4v) is 2.94. The molecule has 0 spiro atoms. The summed E-state index contributed by atoms with van der Waals surface area (Å²) in [5, 5.41) is 0. The third kappa shape index (κ3) is 2.13. The van der Waals surface area contributed by atoms with Gasteiger partial charge < -0.3 is 9.53 Å². The van der Waals surface area contributed by atoms with E-state index in [0.29, 0.717) is 5.88 Å². The van der Waals surface area contributed by atoms with E-state index in [9.17, 15) is 4.79 Å². The molecule has 1 aromatic carbocycles. The molecule has 3 nitrogen and oxygen atoms in total. The normalized spacial score (nSPS) is 23.8. The number of hydrogen-bond donors (Lipinski definition) is 0. The first kappa shape index (κ1) is 14.5. The molecule has 112 valence electrons. The third-order valence-electron chi connectivity index (χ3n) is 4.43. The smallest absolute Gasteiger partial charge is 0.218 e. The molecule has 3 heteroatoms. The number of nitrogens with zero attached hydrogens (tertiary/aromatic N) is 1. The molecule has 22 heavy (non-hydrogen) atoms. The first-order valence-corrected chi connectivity index (χ1v) is 7.42. The molecule has 3 rings (SSSR count). The zero-order valence-corrected chi connectivity index (χ0v) is 13.0. The molecule has 2 unspecified atom stereocenters. The van der Waals surface area contributed by atoms with Gasteiger partial charge in [-0.25, -0.2) is 4.98 Å². The molecule has 0 fully saturated rings. The second-order valence-electron chi connectivity index (χ2n) is 5.87. The number of pyridine rings is 1. The van der Waals surface area contributed by atoms with Crippen molar-refractivity contribution in [1.82, 2.24) is 4.98 Å². The highest BCUT2D eigenvalue weighted by atomic mass is 16.5. The van der Waals surface area contributed by atoms with E-state index in [-0.39, 0.29) is 6.10 Å². The standard InChI is InChI=1S/C19H19NO2/c1-4-13(2)17-19(3,12-21)16-10-15(11-20-18(16)22-17)14-8-6-5-7-9-14/h4-12,17H,1-3H3/b13-4+. The first-order chi connectivity index (χ1) is 10.6. The van der Waals surface area contributed by atoms with Gasteiger partial charge in [0, 0.05) is 17.3 Å². The molecule has 0 saturated carbocycles. The maximum absolute atomic E-state index is 11.8. The van der Waals surface area contributed by atoms with E-state index in [2.05, 4.69) is 4.98 Å². The Hall–Kier alpha value is -2.42. The summed E-state index contributed by atoms with van der Waals surface area (Å²) in [6, 6.07) is 12.1. The highest BCUT2D eigenvalue weighted by Crippen LogP contribution is 2.44. The molecule has 0 N–H and O–H groups in total. The number of fused-ring (bicyclic) bond motifs is 1. The van der Waals surface area contributed by atoms with Gasteiger partial charge in [-0.3, -0.25) is 0 Å². The monoisotopic (exact) mass is 293 g/mol. The molecule has 1 aliphatic heterocycles. The molecular formula is C19H19NO2. The van der Waals surface area contributed by atoms with Crippen molar-refractivity contribution in [3.63, 3.8) is 0 Å². The minimum atomic E-state index is -0.705. The van der Waals surface area contributed by atoms with Gasteiger partial charge in [-0.05, 0) is 38.0 Å². The van der Waals surface area contributed by atoms with Crippen LogP contribution in [-0.2, 0) is 10.2 Å². The molecule has 2 heterocycles. The van der Waals surface area contributed by atoms with E-state index >= 15 is 0 Å². The van der Waals surface area contributed by atoms with Crippen LogP contribution in [0.4, 0.5) is 0 Å². The van der Waals surface area contributed by atoms with Crippen molar-refractivity contribution in [3.05, 3.63) is 59.8 Å². The van der Waals surface area contributed by atoms with Crippen LogP contribution in [0.1, 0.15) is 26.3 Å². The summed E-state index contributed by atoms with van der Waals surface area (Å²) >= 11 is 0. The predicted molar refractivity (Wildman–Crippen MR) is 86.9 cm³/mol. The Bertz CT molecular complexity index is 736. The largest absolute Gasteiger partial charge is 0.468 e. The molecule has 0 bridgehead atoms. The van der Waals surface area contributed by atoms with Crippen molar-refractivity contribution in [3.8, 4) is 17.0 Å². The predicted octanol–water partition coefficient (Wildman–Crippen LogP) is 3.93. The minimum absolute atomic E-state index is 0.288. The van der Waals surface area contributed by atoms with E-state index < -0.39 is 5.41 Å². The van der Waals surface area contributed by atoms with Crippen LogP contribution in [0.3, 0.4) is 0 Å². The molecule has 0 amide bonds. The van der Waals surface area contributed by atoms with Gasteiger partial charge in [0.05, 0.1) is 5.41 Å². The Labute approximate surface area is 130 Å². The lowest BCUT2D eigenvalue weighted by molar-refractivity contribution is -0.113. The molecule has 0 radical (unpaired) electrons. The minimum Gasteiger partial charge on any atom is -0.468 e. The van der Waals surface area contributed by atoms with Gasteiger partial charge >= 0.3 is 0 Å². The Kier molecular flexibility index (Phi) is 3.57. The van der Waals surface area contributed by atoms with Crippen molar-refractivity contribution in [2.24, 2.45) is 0 Å². The fraction of sp³-hybridized carbons (Fsp3) is 0.263. The van der Waals surface area contributed by atoms with Gasteiger partial charge in [-0.15, -0.1) is 0 Å². The summed E-state index contributed by atoms with van der Waals surface area (Å²) in [5.41, 5.74) is 3.26. The van der Waals surface area contributed by atoms with Crippen molar-refractivity contribution in [1.29, 1.82) is 0 Å². The lowest BCUT2D eigenvalue weighted by Crippen LogP contribution is -2.37. The number of carbonyl (C=O) groups is 1. The maximum Gasteiger partial charge on any atom is 0.218 e. The van der Waals surface area contributed by atoms with Crippen LogP contribution in [0.15, 0.2) is 54.2 Å². The number of ether oxygens (including phenoxy) is 1. The van der Waals surface area contributed by atoms with Crippen LogP contribution in [0, 0.1) is 0 Å². The van der Waals surface area contributed by atoms with E-state index in [4.69, 9.17) is 4.74 Å². The summed E-state index contributed by atoms with van der Waals surface area (Å²) in [6.45, 7) is 5.85. The average Bonchev–Trinajstić information content (AvgIpc) is 2.88. The fourth-order valence-electron chi connectivity index (χ4n) is 2.94. The zero-order chi connectivity index (χ0) is 15.7. The summed E-state index contributed by atoms with van der Waals surface area (Å²) in [4.78, 5) is 16.3. The number of aldehydes is 1. The molecule has 1 aliphatic rings. The molecule has 2 atom stereocenters. The van der Waals surface area contributed by atoms with Crippen molar-refractivity contribution in [2.45, 2.75) is 32.3 Å². The van der Waals surface area contributed by atoms with Gasteiger partial charge in [0.1, 0.15) is 12.4 Å². The zero-order valence-electron chi connectivity index (χ0n) is 13.0. The number of aromatic nitrogens is 1. The number of allylic oxidation sites excluding steroid dienone is 1. The Balaban J connectivity index is 2.11. The molecule has 1 aromatic heterocycles. The lowest BCUT2D eigenvalue weighted by atomic mass is 9.78. The van der Waals surface area contributed by atoms with Crippen molar-refractivity contribution < 1.29 is 9.53 Å². The van der Waals surface area contributed by atoms with Crippen molar-refractivity contribution in [2.75, 3.05) is 0 Å². The van der Waals surface area contributed by atoms with Gasteiger partial charge in [-0.2, -0.15) is 0 Å². The maximum atomic E-state index is 11.8. The van der Waals surface area contributed by atoms with Crippen LogP contribution in [0.5, 0.6) is 5.88 Å². The molecule has 0 saturated heterocycles. The van der Waals surface area contributed by atoms with Crippen LogP contribution >= 0.6 is 0 Å². The Morgan fingerprint density at radius 3 is 2.64 bits per heavy atom. The average molecular weight is 293 g/mol. The van der Waals surface area contributed by atoms with E-state index in [1.165, 1.54) is 0 Å². The topological polar surface area (TPSA) is 39.2 Å². The van der Waals surface area contributed by atoms with Crippen LogP contribution < -0.4 is 4.74 Å². The van der Waals surface area contributed by atoms with Gasteiger partial charge in [0.2, 0.25) is 5.88 Å². The van der Waals surface area contributed by atoms with E-state index in [1.54, 1.807) is 6.20 Å². The lowest BCUT2D eigenvalue weighted by Gasteiger charge is -2.24. The number of rotatable bonds is 3. The highest BCUT2D eigenvalue weighted by molar-refractivity contribution is 5.76. The van der Waals surface area contributed by atoms with Gasteiger partial charge in [-0.1, -0.05) is 36.4 Å². The number of carbonyl (C=O) groups excluding carboxylic acids is 1. The summed E-state index contributed by atoms with van der Waals surface area (Å²) < 4.78 is 5.95. The Morgan fingerprint density at radius 1 is 1.27 bits per heavy atom. The second kappa shape index (κ2) is 5.41. The highest BCUT2D eigenvalue weighted by Gasteiger charge is 2.47. The number of hydrogen-bond acceptors (Lipinski definition) is 3. The molecule has 2 aromatic rings. The summed E-state index contributed by atoms with van der Waals surface area (Å²) in [7, 11) is 0.